The molecule has 0 aliphatic carbocycles. The fourth-order valence-corrected chi connectivity index (χ4v) is 3.96. The Hall–Kier alpha value is -0.230. The summed E-state index contributed by atoms with van der Waals surface area (Å²) in [5, 5.41) is 3.45. The van der Waals surface area contributed by atoms with Gasteiger partial charge in [0.15, 0.2) is 0 Å². The highest BCUT2D eigenvalue weighted by atomic mass is 79.9. The first-order valence-corrected chi connectivity index (χ1v) is 8.37. The van der Waals surface area contributed by atoms with E-state index in [4.69, 9.17) is 0 Å². The van der Waals surface area contributed by atoms with Crippen molar-refractivity contribution in [2.75, 3.05) is 6.54 Å². The van der Waals surface area contributed by atoms with E-state index in [2.05, 4.69) is 57.1 Å². The number of halogens is 3. The lowest BCUT2D eigenvalue weighted by molar-refractivity contribution is 0.611. The van der Waals surface area contributed by atoms with Crippen LogP contribution in [0, 0.1) is 12.7 Å². The average molecular weight is 407 g/mol. The zero-order valence-corrected chi connectivity index (χ0v) is 14.6. The number of hydrogen-bond donors (Lipinski definition) is 1. The molecule has 1 aromatic heterocycles. The zero-order chi connectivity index (χ0) is 14.0. The summed E-state index contributed by atoms with van der Waals surface area (Å²) >= 11 is 8.55. The van der Waals surface area contributed by atoms with Gasteiger partial charge >= 0.3 is 0 Å². The first-order valence-electron chi connectivity index (χ1n) is 5.97. The van der Waals surface area contributed by atoms with Crippen molar-refractivity contribution in [2.24, 2.45) is 0 Å². The molecule has 0 radical (unpaired) electrons. The van der Waals surface area contributed by atoms with Gasteiger partial charge in [-0.05, 0) is 69.1 Å². The summed E-state index contributed by atoms with van der Waals surface area (Å²) in [6.45, 7) is 5.01. The second-order valence-corrected chi connectivity index (χ2v) is 7.21. The van der Waals surface area contributed by atoms with E-state index in [9.17, 15) is 4.39 Å². The SMILES string of the molecule is CCNC(c1ccc(F)c(Br)c1)c1cc(Br)c(C)s1. The second-order valence-electron chi connectivity index (χ2n) is 4.22. The van der Waals surface area contributed by atoms with Gasteiger partial charge in [-0.25, -0.2) is 4.39 Å². The summed E-state index contributed by atoms with van der Waals surface area (Å²) in [5.74, 6) is -0.234. The van der Waals surface area contributed by atoms with Crippen LogP contribution < -0.4 is 5.32 Å². The van der Waals surface area contributed by atoms with Gasteiger partial charge in [-0.1, -0.05) is 13.0 Å². The Bertz CT molecular complexity index is 563. The van der Waals surface area contributed by atoms with Crippen LogP contribution in [0.5, 0.6) is 0 Å². The lowest BCUT2D eigenvalue weighted by atomic mass is 10.1. The van der Waals surface area contributed by atoms with Crippen molar-refractivity contribution >= 4 is 43.2 Å². The van der Waals surface area contributed by atoms with Crippen molar-refractivity contribution in [3.05, 3.63) is 54.3 Å². The van der Waals surface area contributed by atoms with Crippen LogP contribution in [-0.4, -0.2) is 6.54 Å². The quantitative estimate of drug-likeness (QED) is 0.714. The maximum atomic E-state index is 13.3. The van der Waals surface area contributed by atoms with Gasteiger partial charge in [-0.15, -0.1) is 11.3 Å². The molecule has 0 aliphatic heterocycles. The highest BCUT2D eigenvalue weighted by Gasteiger charge is 2.17. The molecule has 102 valence electrons. The number of nitrogens with one attached hydrogen (secondary N) is 1. The van der Waals surface area contributed by atoms with Gasteiger partial charge in [0.1, 0.15) is 5.82 Å². The molecule has 0 spiro atoms. The summed E-state index contributed by atoms with van der Waals surface area (Å²) < 4.78 is 15.0. The molecule has 0 fully saturated rings. The number of hydrogen-bond acceptors (Lipinski definition) is 2. The van der Waals surface area contributed by atoms with Crippen LogP contribution in [0.2, 0.25) is 0 Å². The Balaban J connectivity index is 2.41. The molecule has 0 bridgehead atoms. The van der Waals surface area contributed by atoms with E-state index in [-0.39, 0.29) is 11.9 Å². The smallest absolute Gasteiger partial charge is 0.137 e. The molecule has 0 saturated carbocycles. The van der Waals surface area contributed by atoms with E-state index in [0.717, 1.165) is 16.6 Å². The summed E-state index contributed by atoms with van der Waals surface area (Å²) in [6.07, 6.45) is 0. The monoisotopic (exact) mass is 405 g/mol. The molecule has 19 heavy (non-hydrogen) atoms. The van der Waals surface area contributed by atoms with Crippen LogP contribution in [-0.2, 0) is 0 Å². The first kappa shape index (κ1) is 15.2. The van der Waals surface area contributed by atoms with E-state index in [1.54, 1.807) is 11.3 Å². The molecule has 5 heteroatoms. The minimum absolute atomic E-state index is 0.0944. The number of benzene rings is 1. The summed E-state index contributed by atoms with van der Waals surface area (Å²) in [5.41, 5.74) is 1.06. The lowest BCUT2D eigenvalue weighted by Crippen LogP contribution is -2.21. The minimum Gasteiger partial charge on any atom is -0.306 e. The van der Waals surface area contributed by atoms with Gasteiger partial charge in [0.2, 0.25) is 0 Å². The van der Waals surface area contributed by atoms with E-state index in [1.807, 2.05) is 12.1 Å². The summed E-state index contributed by atoms with van der Waals surface area (Å²) in [7, 11) is 0. The van der Waals surface area contributed by atoms with Gasteiger partial charge in [0, 0.05) is 14.2 Å². The van der Waals surface area contributed by atoms with Crippen LogP contribution in [0.4, 0.5) is 4.39 Å². The van der Waals surface area contributed by atoms with Crippen molar-refractivity contribution in [1.82, 2.24) is 5.32 Å². The molecule has 2 rings (SSSR count). The molecule has 1 N–H and O–H groups in total. The fraction of sp³-hybridized carbons (Fsp3) is 0.286. The Kier molecular flexibility index (Phi) is 5.17. The molecule has 0 amide bonds. The zero-order valence-electron chi connectivity index (χ0n) is 10.6. The van der Waals surface area contributed by atoms with E-state index in [1.165, 1.54) is 15.8 Å². The van der Waals surface area contributed by atoms with Crippen molar-refractivity contribution in [2.45, 2.75) is 19.9 Å². The van der Waals surface area contributed by atoms with Crippen LogP contribution in [0.25, 0.3) is 0 Å². The van der Waals surface area contributed by atoms with Crippen molar-refractivity contribution in [1.29, 1.82) is 0 Å². The van der Waals surface area contributed by atoms with Gasteiger partial charge in [0.05, 0.1) is 10.5 Å². The van der Waals surface area contributed by atoms with Crippen molar-refractivity contribution in [3.8, 4) is 0 Å². The summed E-state index contributed by atoms with van der Waals surface area (Å²) in [6, 6.07) is 7.39. The van der Waals surface area contributed by atoms with Crippen LogP contribution in [0.15, 0.2) is 33.2 Å². The molecule has 0 aliphatic rings. The van der Waals surface area contributed by atoms with Gasteiger partial charge in [-0.2, -0.15) is 0 Å². The second kappa shape index (κ2) is 6.48. The van der Waals surface area contributed by atoms with Crippen molar-refractivity contribution < 1.29 is 4.39 Å². The highest BCUT2D eigenvalue weighted by Crippen LogP contribution is 2.34. The Morgan fingerprint density at radius 3 is 2.53 bits per heavy atom. The standard InChI is InChI=1S/C14H14Br2FNS/c1-3-18-14(13-7-10(15)8(2)19-13)9-4-5-12(17)11(16)6-9/h4-7,14,18H,3H2,1-2H3. The number of aryl methyl sites for hydroxylation is 1. The van der Waals surface area contributed by atoms with E-state index < -0.39 is 0 Å². The predicted octanol–water partition coefficient (Wildman–Crippen LogP) is 5.42. The Morgan fingerprint density at radius 1 is 1.26 bits per heavy atom. The Labute approximate surface area is 133 Å². The van der Waals surface area contributed by atoms with Crippen molar-refractivity contribution in [3.63, 3.8) is 0 Å². The predicted molar refractivity (Wildman–Crippen MR) is 86.4 cm³/mol. The van der Waals surface area contributed by atoms with E-state index >= 15 is 0 Å². The third kappa shape index (κ3) is 3.45. The first-order chi connectivity index (χ1) is 9.02. The highest BCUT2D eigenvalue weighted by molar-refractivity contribution is 9.10. The largest absolute Gasteiger partial charge is 0.306 e. The van der Waals surface area contributed by atoms with Crippen LogP contribution in [0.3, 0.4) is 0 Å². The molecule has 1 nitrogen and oxygen atoms in total. The number of thiophene rings is 1. The maximum absolute atomic E-state index is 13.3. The third-order valence-corrected chi connectivity index (χ3v) is 5.66. The topological polar surface area (TPSA) is 12.0 Å². The third-order valence-electron chi connectivity index (χ3n) is 2.85. The molecular weight excluding hydrogens is 393 g/mol. The lowest BCUT2D eigenvalue weighted by Gasteiger charge is -2.17. The number of rotatable bonds is 4. The maximum Gasteiger partial charge on any atom is 0.137 e. The van der Waals surface area contributed by atoms with Gasteiger partial charge in [-0.3, -0.25) is 0 Å². The molecule has 1 unspecified atom stereocenters. The van der Waals surface area contributed by atoms with Crippen LogP contribution >= 0.6 is 43.2 Å². The van der Waals surface area contributed by atoms with Gasteiger partial charge in [0.25, 0.3) is 0 Å². The van der Waals surface area contributed by atoms with Crippen LogP contribution in [0.1, 0.15) is 28.3 Å². The molecule has 1 heterocycles. The normalized spacial score (nSPS) is 12.7. The molecule has 0 saturated heterocycles. The minimum atomic E-state index is -0.234. The summed E-state index contributed by atoms with van der Waals surface area (Å²) in [4.78, 5) is 2.48. The average Bonchev–Trinajstić information content (AvgIpc) is 2.70. The molecule has 2 aromatic rings. The van der Waals surface area contributed by atoms with E-state index in [0.29, 0.717) is 4.47 Å². The Morgan fingerprint density at radius 2 is 2.00 bits per heavy atom. The van der Waals surface area contributed by atoms with Gasteiger partial charge < -0.3 is 5.32 Å². The molecular formula is C14H14Br2FNS. The molecule has 1 aromatic carbocycles. The molecule has 1 atom stereocenters. The fourth-order valence-electron chi connectivity index (χ4n) is 1.90.